The predicted molar refractivity (Wildman–Crippen MR) is 52.8 cm³/mol. The number of nitrogens with one attached hydrogen (secondary N) is 1. The van der Waals surface area contributed by atoms with Crippen LogP contribution in [0.25, 0.3) is 11.5 Å². The molecule has 0 fully saturated rings. The maximum atomic E-state index is 11.5. The van der Waals surface area contributed by atoms with Crippen molar-refractivity contribution >= 4 is 15.9 Å². The fourth-order valence-corrected chi connectivity index (χ4v) is 1.29. The van der Waals surface area contributed by atoms with E-state index in [0.29, 0.717) is 10.3 Å². The number of aryl methyl sites for hydroxylation is 1. The highest BCUT2D eigenvalue weighted by Gasteiger charge is 2.10. The van der Waals surface area contributed by atoms with Gasteiger partial charge in [-0.05, 0) is 28.0 Å². The minimum Gasteiger partial charge on any atom is -0.364 e. The van der Waals surface area contributed by atoms with Crippen molar-refractivity contribution in [2.75, 3.05) is 0 Å². The van der Waals surface area contributed by atoms with Crippen LogP contribution < -0.4 is 5.43 Å². The van der Waals surface area contributed by atoms with Crippen molar-refractivity contribution in [1.82, 2.24) is 15.1 Å². The molecule has 0 radical (unpaired) electrons. The van der Waals surface area contributed by atoms with Gasteiger partial charge in [-0.25, -0.2) is 0 Å². The van der Waals surface area contributed by atoms with Gasteiger partial charge in [0.15, 0.2) is 5.43 Å². The zero-order chi connectivity index (χ0) is 10.1. The summed E-state index contributed by atoms with van der Waals surface area (Å²) >= 11 is 3.04. The highest BCUT2D eigenvalue weighted by atomic mass is 79.9. The number of aromatic amines is 1. The Morgan fingerprint density at radius 2 is 2.36 bits per heavy atom. The van der Waals surface area contributed by atoms with Gasteiger partial charge in [-0.3, -0.25) is 4.79 Å². The lowest BCUT2D eigenvalue weighted by molar-refractivity contribution is 0.426. The maximum Gasteiger partial charge on any atom is 0.264 e. The van der Waals surface area contributed by atoms with E-state index >= 15 is 0 Å². The summed E-state index contributed by atoms with van der Waals surface area (Å²) in [7, 11) is 0. The van der Waals surface area contributed by atoms with Crippen LogP contribution in [-0.2, 0) is 0 Å². The van der Waals surface area contributed by atoms with Gasteiger partial charge in [-0.2, -0.15) is 4.98 Å². The number of nitrogens with zero attached hydrogens (tertiary/aromatic N) is 2. The molecule has 0 aliphatic rings. The molecule has 0 unspecified atom stereocenters. The van der Waals surface area contributed by atoms with Crippen molar-refractivity contribution < 1.29 is 4.52 Å². The summed E-state index contributed by atoms with van der Waals surface area (Å²) in [6, 6.07) is 1.48. The second-order valence-corrected chi connectivity index (χ2v) is 3.47. The molecule has 0 saturated carbocycles. The number of halogens is 1. The van der Waals surface area contributed by atoms with Crippen molar-refractivity contribution in [3.8, 4) is 11.5 Å². The highest BCUT2D eigenvalue weighted by Crippen LogP contribution is 2.14. The van der Waals surface area contributed by atoms with Gasteiger partial charge in [0, 0.05) is 18.0 Å². The zero-order valence-electron chi connectivity index (χ0n) is 7.24. The van der Waals surface area contributed by atoms with Gasteiger partial charge >= 0.3 is 0 Å². The molecule has 0 aliphatic heterocycles. The van der Waals surface area contributed by atoms with Gasteiger partial charge in [0.05, 0.1) is 0 Å². The lowest BCUT2D eigenvalue weighted by Crippen LogP contribution is -2.05. The summed E-state index contributed by atoms with van der Waals surface area (Å²) < 4.78 is 5.17. The van der Waals surface area contributed by atoms with E-state index < -0.39 is 0 Å². The normalized spacial score (nSPS) is 10.4. The van der Waals surface area contributed by atoms with Crippen LogP contribution in [0.5, 0.6) is 0 Å². The molecule has 0 atom stereocenters. The monoisotopic (exact) mass is 255 g/mol. The summed E-state index contributed by atoms with van der Waals surface area (Å²) in [4.78, 5) is 18.3. The van der Waals surface area contributed by atoms with E-state index in [2.05, 4.69) is 31.1 Å². The highest BCUT2D eigenvalue weighted by molar-refractivity contribution is 9.10. The third kappa shape index (κ3) is 1.60. The molecule has 0 amide bonds. The van der Waals surface area contributed by atoms with E-state index in [9.17, 15) is 4.79 Å². The van der Waals surface area contributed by atoms with E-state index in [1.165, 1.54) is 6.07 Å². The first-order valence-corrected chi connectivity index (χ1v) is 4.65. The first-order valence-electron chi connectivity index (χ1n) is 3.86. The Labute approximate surface area is 87.3 Å². The minimum atomic E-state index is -0.141. The molecule has 14 heavy (non-hydrogen) atoms. The Balaban J connectivity index is 2.57. The molecule has 2 aromatic heterocycles. The molecular weight excluding hydrogens is 250 g/mol. The Morgan fingerprint density at radius 1 is 1.57 bits per heavy atom. The van der Waals surface area contributed by atoms with Gasteiger partial charge < -0.3 is 9.51 Å². The molecule has 0 bridgehead atoms. The summed E-state index contributed by atoms with van der Waals surface area (Å²) in [5, 5.41) is 3.53. The molecule has 2 rings (SSSR count). The largest absolute Gasteiger partial charge is 0.364 e. The number of H-pyrrole nitrogens is 1. The van der Waals surface area contributed by atoms with Gasteiger partial charge in [-0.1, -0.05) is 0 Å². The summed E-state index contributed by atoms with van der Waals surface area (Å²) in [6.45, 7) is 1.80. The summed E-state index contributed by atoms with van der Waals surface area (Å²) in [5.41, 5.74) is 1.02. The molecule has 72 valence electrons. The summed E-state index contributed by atoms with van der Waals surface area (Å²) in [5.74, 6) is 0.207. The van der Waals surface area contributed by atoms with Gasteiger partial charge in [0.2, 0.25) is 4.73 Å². The third-order valence-electron chi connectivity index (χ3n) is 1.69. The lowest BCUT2D eigenvalue weighted by atomic mass is 10.2. The van der Waals surface area contributed by atoms with E-state index in [4.69, 9.17) is 4.52 Å². The molecule has 2 aromatic rings. The Hall–Kier alpha value is -1.43. The van der Waals surface area contributed by atoms with Crippen molar-refractivity contribution in [3.05, 3.63) is 32.9 Å². The molecule has 2 heterocycles. The first kappa shape index (κ1) is 9.14. The van der Waals surface area contributed by atoms with Crippen LogP contribution in [0.4, 0.5) is 0 Å². The van der Waals surface area contributed by atoms with Crippen LogP contribution in [0.15, 0.2) is 26.3 Å². The van der Waals surface area contributed by atoms with Gasteiger partial charge in [0.1, 0.15) is 5.56 Å². The van der Waals surface area contributed by atoms with Crippen LogP contribution in [0.1, 0.15) is 5.69 Å². The average molecular weight is 256 g/mol. The number of hydrogen-bond acceptors (Lipinski definition) is 4. The summed E-state index contributed by atoms with van der Waals surface area (Å²) in [6.07, 6.45) is 1.55. The zero-order valence-corrected chi connectivity index (χ0v) is 8.83. The Kier molecular flexibility index (Phi) is 2.20. The average Bonchev–Trinajstić information content (AvgIpc) is 2.51. The van der Waals surface area contributed by atoms with E-state index in [1.54, 1.807) is 13.1 Å². The van der Waals surface area contributed by atoms with Crippen molar-refractivity contribution in [2.24, 2.45) is 0 Å². The molecule has 6 heteroatoms. The quantitative estimate of drug-likeness (QED) is 0.839. The standard InChI is InChI=1S/C8H6BrN3O2/c1-4-2-6(13)5(3-10-4)7-11-8(9)12-14-7/h2-3H,1H3,(H,10,13). The SMILES string of the molecule is Cc1cc(=O)c(-c2nc(Br)no2)c[nH]1. The smallest absolute Gasteiger partial charge is 0.264 e. The van der Waals surface area contributed by atoms with Gasteiger partial charge in [-0.15, -0.1) is 0 Å². The van der Waals surface area contributed by atoms with Gasteiger partial charge in [0.25, 0.3) is 5.89 Å². The molecule has 0 spiro atoms. The number of hydrogen-bond donors (Lipinski definition) is 1. The fraction of sp³-hybridized carbons (Fsp3) is 0.125. The Morgan fingerprint density at radius 3 is 2.93 bits per heavy atom. The van der Waals surface area contributed by atoms with Crippen LogP contribution in [0.3, 0.4) is 0 Å². The van der Waals surface area contributed by atoms with Crippen molar-refractivity contribution in [3.63, 3.8) is 0 Å². The van der Waals surface area contributed by atoms with Crippen LogP contribution >= 0.6 is 15.9 Å². The van der Waals surface area contributed by atoms with Crippen LogP contribution in [0.2, 0.25) is 0 Å². The molecule has 1 N–H and O–H groups in total. The van der Waals surface area contributed by atoms with Crippen molar-refractivity contribution in [2.45, 2.75) is 6.92 Å². The molecule has 5 nitrogen and oxygen atoms in total. The number of pyridine rings is 1. The second-order valence-electron chi connectivity index (χ2n) is 2.76. The van der Waals surface area contributed by atoms with Crippen molar-refractivity contribution in [1.29, 1.82) is 0 Å². The fourth-order valence-electron chi connectivity index (χ4n) is 1.06. The van der Waals surface area contributed by atoms with E-state index in [1.807, 2.05) is 0 Å². The molecule has 0 saturated heterocycles. The Bertz CT molecular complexity index is 517. The van der Waals surface area contributed by atoms with Crippen LogP contribution in [-0.4, -0.2) is 15.1 Å². The maximum absolute atomic E-state index is 11.5. The first-order chi connectivity index (χ1) is 6.66. The van der Waals surface area contributed by atoms with E-state index in [0.717, 1.165) is 5.69 Å². The minimum absolute atomic E-state index is 0.141. The molecular formula is C8H6BrN3O2. The topological polar surface area (TPSA) is 71.8 Å². The number of rotatable bonds is 1. The third-order valence-corrected chi connectivity index (χ3v) is 2.01. The lowest BCUT2D eigenvalue weighted by Gasteiger charge is -1.94. The second kappa shape index (κ2) is 3.38. The van der Waals surface area contributed by atoms with E-state index in [-0.39, 0.29) is 11.3 Å². The van der Waals surface area contributed by atoms with Crippen LogP contribution in [0, 0.1) is 6.92 Å². The molecule has 0 aliphatic carbocycles. The number of aromatic nitrogens is 3. The molecule has 0 aromatic carbocycles. The predicted octanol–water partition coefficient (Wildman–Crippen LogP) is 1.50.